The maximum atomic E-state index is 13.3. The minimum Gasteiger partial charge on any atom is -0.479 e. The number of hydrogen-bond donors (Lipinski definition) is 2. The molecule has 0 saturated heterocycles. The highest BCUT2D eigenvalue weighted by atomic mass is 79.9. The first-order valence-corrected chi connectivity index (χ1v) is 5.75. The van der Waals surface area contributed by atoms with Crippen molar-refractivity contribution in [2.24, 2.45) is 0 Å². The van der Waals surface area contributed by atoms with Gasteiger partial charge >= 0.3 is 5.97 Å². The molecule has 1 aromatic carbocycles. The summed E-state index contributed by atoms with van der Waals surface area (Å²) in [6.07, 6.45) is -0.882. The summed E-state index contributed by atoms with van der Waals surface area (Å²) in [5.41, 5.74) is 0.233. The molecular weight excluding hydrogens is 295 g/mol. The van der Waals surface area contributed by atoms with Gasteiger partial charge in [0.05, 0.1) is 11.1 Å². The van der Waals surface area contributed by atoms with Gasteiger partial charge in [-0.3, -0.25) is 0 Å². The molecule has 0 aromatic heterocycles. The van der Waals surface area contributed by atoms with Crippen molar-refractivity contribution in [1.29, 1.82) is 0 Å². The highest BCUT2D eigenvalue weighted by molar-refractivity contribution is 9.10. The van der Waals surface area contributed by atoms with Gasteiger partial charge in [0.2, 0.25) is 0 Å². The maximum absolute atomic E-state index is 13.3. The van der Waals surface area contributed by atoms with E-state index in [4.69, 9.17) is 14.9 Å². The SMILES string of the molecule is O=C(O)C(OCCCO)c1ccc(Br)c(F)c1. The molecule has 0 amide bonds. The average Bonchev–Trinajstić information content (AvgIpc) is 2.28. The van der Waals surface area contributed by atoms with Gasteiger partial charge in [-0.25, -0.2) is 9.18 Å². The van der Waals surface area contributed by atoms with Crippen LogP contribution in [0, 0.1) is 5.82 Å². The largest absolute Gasteiger partial charge is 0.479 e. The first-order valence-electron chi connectivity index (χ1n) is 4.96. The third kappa shape index (κ3) is 4.07. The number of carbonyl (C=O) groups is 1. The summed E-state index contributed by atoms with van der Waals surface area (Å²) in [6.45, 7) is 0.0200. The van der Waals surface area contributed by atoms with Crippen LogP contribution in [0.5, 0.6) is 0 Å². The number of benzene rings is 1. The van der Waals surface area contributed by atoms with Gasteiger partial charge in [-0.1, -0.05) is 6.07 Å². The van der Waals surface area contributed by atoms with E-state index in [-0.39, 0.29) is 23.2 Å². The molecule has 94 valence electrons. The molecule has 2 N–H and O–H groups in total. The Morgan fingerprint density at radius 1 is 1.53 bits per heavy atom. The lowest BCUT2D eigenvalue weighted by molar-refractivity contribution is -0.151. The Kier molecular flexibility index (Phi) is 5.54. The van der Waals surface area contributed by atoms with Gasteiger partial charge in [-0.05, 0) is 40.0 Å². The van der Waals surface area contributed by atoms with Gasteiger partial charge in [0.15, 0.2) is 6.10 Å². The summed E-state index contributed by atoms with van der Waals surface area (Å²) in [4.78, 5) is 11.0. The van der Waals surface area contributed by atoms with Crippen LogP contribution in [-0.4, -0.2) is 29.4 Å². The monoisotopic (exact) mass is 306 g/mol. The van der Waals surface area contributed by atoms with Gasteiger partial charge < -0.3 is 14.9 Å². The van der Waals surface area contributed by atoms with Crippen LogP contribution in [0.2, 0.25) is 0 Å². The zero-order chi connectivity index (χ0) is 12.8. The van der Waals surface area contributed by atoms with Gasteiger partial charge in [0, 0.05) is 6.61 Å². The molecule has 0 bridgehead atoms. The summed E-state index contributed by atoms with van der Waals surface area (Å²) in [6, 6.07) is 4.02. The molecule has 0 aliphatic rings. The predicted molar refractivity (Wildman–Crippen MR) is 62.1 cm³/mol. The fraction of sp³-hybridized carbons (Fsp3) is 0.364. The molecule has 0 heterocycles. The lowest BCUT2D eigenvalue weighted by atomic mass is 10.1. The van der Waals surface area contributed by atoms with Crippen LogP contribution in [0.4, 0.5) is 4.39 Å². The van der Waals surface area contributed by atoms with Crippen molar-refractivity contribution in [3.63, 3.8) is 0 Å². The van der Waals surface area contributed by atoms with E-state index in [0.717, 1.165) is 6.07 Å². The molecule has 4 nitrogen and oxygen atoms in total. The molecule has 0 saturated carbocycles. The Labute approximate surface area is 106 Å². The van der Waals surface area contributed by atoms with E-state index < -0.39 is 17.9 Å². The highest BCUT2D eigenvalue weighted by Gasteiger charge is 2.21. The zero-order valence-corrected chi connectivity index (χ0v) is 10.5. The van der Waals surface area contributed by atoms with Crippen molar-refractivity contribution in [2.45, 2.75) is 12.5 Å². The van der Waals surface area contributed by atoms with Crippen molar-refractivity contribution < 1.29 is 24.1 Å². The van der Waals surface area contributed by atoms with Crippen molar-refractivity contribution in [2.75, 3.05) is 13.2 Å². The quantitative estimate of drug-likeness (QED) is 0.790. The van der Waals surface area contributed by atoms with Crippen LogP contribution in [0.3, 0.4) is 0 Å². The lowest BCUT2D eigenvalue weighted by Gasteiger charge is -2.14. The van der Waals surface area contributed by atoms with E-state index in [9.17, 15) is 9.18 Å². The Morgan fingerprint density at radius 2 is 2.24 bits per heavy atom. The molecule has 1 rings (SSSR count). The van der Waals surface area contributed by atoms with Crippen molar-refractivity contribution in [3.8, 4) is 0 Å². The van der Waals surface area contributed by atoms with Gasteiger partial charge in [-0.15, -0.1) is 0 Å². The standard InChI is InChI=1S/C11H12BrFO4/c12-8-3-2-7(6-9(8)13)10(11(15)16)17-5-1-4-14/h2-3,6,10,14H,1,4-5H2,(H,15,16). The second kappa shape index (κ2) is 6.68. The number of aliphatic hydroxyl groups excluding tert-OH is 1. The minimum atomic E-state index is -1.22. The maximum Gasteiger partial charge on any atom is 0.337 e. The molecule has 6 heteroatoms. The van der Waals surface area contributed by atoms with Crippen LogP contribution in [-0.2, 0) is 9.53 Å². The zero-order valence-electron chi connectivity index (χ0n) is 8.90. The number of carboxylic acids is 1. The van der Waals surface area contributed by atoms with Crippen molar-refractivity contribution in [1.82, 2.24) is 0 Å². The molecular formula is C11H12BrFO4. The molecule has 0 radical (unpaired) electrons. The van der Waals surface area contributed by atoms with Gasteiger partial charge in [0.25, 0.3) is 0 Å². The third-order valence-corrected chi connectivity index (χ3v) is 2.70. The molecule has 1 atom stereocenters. The van der Waals surface area contributed by atoms with Crippen LogP contribution < -0.4 is 0 Å². The number of aliphatic carboxylic acids is 1. The van der Waals surface area contributed by atoms with Crippen LogP contribution in [0.15, 0.2) is 22.7 Å². The summed E-state index contributed by atoms with van der Waals surface area (Å²) < 4.78 is 18.6. The first-order chi connectivity index (χ1) is 8.06. The number of hydrogen-bond acceptors (Lipinski definition) is 3. The van der Waals surface area contributed by atoms with Gasteiger partial charge in [-0.2, -0.15) is 0 Å². The van der Waals surface area contributed by atoms with E-state index in [1.54, 1.807) is 0 Å². The Morgan fingerprint density at radius 3 is 2.76 bits per heavy atom. The van der Waals surface area contributed by atoms with Gasteiger partial charge in [0.1, 0.15) is 5.82 Å². The predicted octanol–water partition coefficient (Wildman–Crippen LogP) is 2.11. The second-order valence-corrected chi connectivity index (χ2v) is 4.19. The second-order valence-electron chi connectivity index (χ2n) is 3.34. The van der Waals surface area contributed by atoms with E-state index in [2.05, 4.69) is 15.9 Å². The number of ether oxygens (including phenoxy) is 1. The third-order valence-electron chi connectivity index (χ3n) is 2.06. The number of aliphatic hydroxyl groups is 1. The van der Waals surface area contributed by atoms with E-state index in [0.29, 0.717) is 6.42 Å². The summed E-state index contributed by atoms with van der Waals surface area (Å²) >= 11 is 2.98. The minimum absolute atomic E-state index is 0.0823. The van der Waals surface area contributed by atoms with E-state index in [1.165, 1.54) is 12.1 Å². The fourth-order valence-corrected chi connectivity index (χ4v) is 1.50. The average molecular weight is 307 g/mol. The molecule has 1 unspecified atom stereocenters. The van der Waals surface area contributed by atoms with Crippen LogP contribution >= 0.6 is 15.9 Å². The first kappa shape index (κ1) is 14.1. The number of carboxylic acid groups (broad SMARTS) is 1. The smallest absolute Gasteiger partial charge is 0.337 e. The molecule has 1 aromatic rings. The van der Waals surface area contributed by atoms with E-state index in [1.807, 2.05) is 0 Å². The Hall–Kier alpha value is -0.980. The van der Waals surface area contributed by atoms with E-state index >= 15 is 0 Å². The summed E-state index contributed by atoms with van der Waals surface area (Å²) in [5.74, 6) is -1.73. The molecule has 0 spiro atoms. The molecule has 0 aliphatic carbocycles. The Bertz CT molecular complexity index is 397. The summed E-state index contributed by atoms with van der Waals surface area (Å²) in [5, 5.41) is 17.5. The fourth-order valence-electron chi connectivity index (χ4n) is 1.25. The highest BCUT2D eigenvalue weighted by Crippen LogP contribution is 2.23. The molecule has 0 fully saturated rings. The van der Waals surface area contributed by atoms with Crippen LogP contribution in [0.1, 0.15) is 18.1 Å². The van der Waals surface area contributed by atoms with Crippen molar-refractivity contribution in [3.05, 3.63) is 34.1 Å². The Balaban J connectivity index is 2.82. The lowest BCUT2D eigenvalue weighted by Crippen LogP contribution is -2.16. The normalized spacial score (nSPS) is 12.4. The molecule has 17 heavy (non-hydrogen) atoms. The van der Waals surface area contributed by atoms with Crippen LogP contribution in [0.25, 0.3) is 0 Å². The number of halogens is 2. The van der Waals surface area contributed by atoms with Crippen molar-refractivity contribution >= 4 is 21.9 Å². The molecule has 0 aliphatic heterocycles. The topological polar surface area (TPSA) is 66.8 Å². The summed E-state index contributed by atoms with van der Waals surface area (Å²) in [7, 11) is 0. The number of rotatable bonds is 6.